The first-order valence-corrected chi connectivity index (χ1v) is 5.18. The van der Waals surface area contributed by atoms with Crippen LogP contribution in [0.1, 0.15) is 12.5 Å². The highest BCUT2D eigenvalue weighted by Gasteiger charge is 2.04. The predicted molar refractivity (Wildman–Crippen MR) is 68.9 cm³/mol. The first-order chi connectivity index (χ1) is 8.08. The monoisotopic (exact) mass is 229 g/mol. The number of benzene rings is 1. The topological polar surface area (TPSA) is 56.1 Å². The molecule has 0 aliphatic rings. The van der Waals surface area contributed by atoms with Crippen LogP contribution in [0, 0.1) is 11.3 Å². The Morgan fingerprint density at radius 2 is 2.18 bits per heavy atom. The van der Waals surface area contributed by atoms with E-state index in [1.165, 1.54) is 0 Å². The molecule has 0 radical (unpaired) electrons. The quantitative estimate of drug-likeness (QED) is 0.634. The van der Waals surface area contributed by atoms with Gasteiger partial charge in [-0.1, -0.05) is 0 Å². The Kier molecular flexibility index (Phi) is 4.29. The standard InChI is InChI=1S/C13H15N3O/c1-10(9-17)8-15-12-5-4-11(7-14)6-13(12)16(2)3/h4-6,8-9,15H,1-3H3/b10-8+. The lowest BCUT2D eigenvalue weighted by Gasteiger charge is -2.17. The van der Waals surface area contributed by atoms with E-state index >= 15 is 0 Å². The Morgan fingerprint density at radius 3 is 2.71 bits per heavy atom. The molecule has 1 rings (SSSR count). The summed E-state index contributed by atoms with van der Waals surface area (Å²) in [5.74, 6) is 0. The van der Waals surface area contributed by atoms with Gasteiger partial charge in [0.15, 0.2) is 0 Å². The predicted octanol–water partition coefficient (Wildman–Crippen LogP) is 2.14. The molecule has 0 unspecified atom stereocenters. The van der Waals surface area contributed by atoms with Crippen LogP contribution in [0.4, 0.5) is 11.4 Å². The third-order valence-corrected chi connectivity index (χ3v) is 2.25. The van der Waals surface area contributed by atoms with Crippen molar-refractivity contribution in [3.8, 4) is 6.07 Å². The highest BCUT2D eigenvalue weighted by atomic mass is 16.1. The van der Waals surface area contributed by atoms with Gasteiger partial charge in [0, 0.05) is 25.9 Å². The van der Waals surface area contributed by atoms with Crippen molar-refractivity contribution in [2.24, 2.45) is 0 Å². The van der Waals surface area contributed by atoms with Crippen molar-refractivity contribution in [3.63, 3.8) is 0 Å². The maximum Gasteiger partial charge on any atom is 0.147 e. The normalized spacial score (nSPS) is 10.6. The number of hydrogen-bond acceptors (Lipinski definition) is 4. The molecule has 0 aromatic heterocycles. The highest BCUT2D eigenvalue weighted by Crippen LogP contribution is 2.25. The molecule has 17 heavy (non-hydrogen) atoms. The number of carbonyl (C=O) groups excluding carboxylic acids is 1. The highest BCUT2D eigenvalue weighted by molar-refractivity contribution is 5.76. The van der Waals surface area contributed by atoms with Crippen LogP contribution in [0.2, 0.25) is 0 Å². The van der Waals surface area contributed by atoms with Crippen LogP contribution in [-0.2, 0) is 4.79 Å². The molecule has 0 saturated heterocycles. The lowest BCUT2D eigenvalue weighted by molar-refractivity contribution is -0.104. The second-order valence-corrected chi connectivity index (χ2v) is 3.89. The zero-order valence-electron chi connectivity index (χ0n) is 10.2. The summed E-state index contributed by atoms with van der Waals surface area (Å²) in [5, 5.41) is 11.9. The van der Waals surface area contributed by atoms with Crippen LogP contribution in [0.15, 0.2) is 30.0 Å². The van der Waals surface area contributed by atoms with Gasteiger partial charge in [0.1, 0.15) is 6.29 Å². The molecule has 1 aromatic carbocycles. The number of nitriles is 1. The SMILES string of the molecule is C/C(C=O)=C\Nc1ccc(C#N)cc1N(C)C. The van der Waals surface area contributed by atoms with Gasteiger partial charge in [-0.15, -0.1) is 0 Å². The smallest absolute Gasteiger partial charge is 0.147 e. The summed E-state index contributed by atoms with van der Waals surface area (Å²) in [6, 6.07) is 7.45. The van der Waals surface area contributed by atoms with Gasteiger partial charge in [-0.25, -0.2) is 0 Å². The number of hydrogen-bond donors (Lipinski definition) is 1. The first-order valence-electron chi connectivity index (χ1n) is 5.18. The molecule has 0 atom stereocenters. The average molecular weight is 229 g/mol. The molecule has 0 fully saturated rings. The molecule has 0 heterocycles. The van der Waals surface area contributed by atoms with Crippen LogP contribution < -0.4 is 10.2 Å². The zero-order chi connectivity index (χ0) is 12.8. The third kappa shape index (κ3) is 3.35. The summed E-state index contributed by atoms with van der Waals surface area (Å²) >= 11 is 0. The van der Waals surface area contributed by atoms with E-state index in [1.54, 1.807) is 25.3 Å². The van der Waals surface area contributed by atoms with E-state index in [0.717, 1.165) is 17.7 Å². The fraction of sp³-hybridized carbons (Fsp3) is 0.231. The molecule has 88 valence electrons. The Hall–Kier alpha value is -2.28. The molecule has 0 spiro atoms. The van der Waals surface area contributed by atoms with Crippen LogP contribution in [0.3, 0.4) is 0 Å². The van der Waals surface area contributed by atoms with Crippen LogP contribution in [-0.4, -0.2) is 20.4 Å². The molecular formula is C13H15N3O. The number of aldehydes is 1. The minimum atomic E-state index is 0.607. The fourth-order valence-corrected chi connectivity index (χ4v) is 1.32. The number of rotatable bonds is 4. The molecule has 1 N–H and O–H groups in total. The summed E-state index contributed by atoms with van der Waals surface area (Å²) in [6.45, 7) is 1.72. The molecular weight excluding hydrogens is 214 g/mol. The molecule has 0 aliphatic carbocycles. The van der Waals surface area contributed by atoms with Crippen molar-refractivity contribution < 1.29 is 4.79 Å². The lowest BCUT2D eigenvalue weighted by Crippen LogP contribution is -2.11. The van der Waals surface area contributed by atoms with Crippen molar-refractivity contribution in [1.82, 2.24) is 0 Å². The summed E-state index contributed by atoms with van der Waals surface area (Å²) in [6.07, 6.45) is 2.42. The second-order valence-electron chi connectivity index (χ2n) is 3.89. The Balaban J connectivity index is 3.07. The summed E-state index contributed by atoms with van der Waals surface area (Å²) in [5.41, 5.74) is 2.98. The number of carbonyl (C=O) groups is 1. The van der Waals surface area contributed by atoms with E-state index in [2.05, 4.69) is 11.4 Å². The maximum absolute atomic E-state index is 10.5. The van der Waals surface area contributed by atoms with Gasteiger partial charge < -0.3 is 10.2 Å². The molecule has 0 aliphatic heterocycles. The lowest BCUT2D eigenvalue weighted by atomic mass is 10.1. The molecule has 4 heteroatoms. The van der Waals surface area contributed by atoms with Gasteiger partial charge in [-0.05, 0) is 25.1 Å². The molecule has 1 aromatic rings. The number of anilines is 2. The largest absolute Gasteiger partial charge is 0.376 e. The number of allylic oxidation sites excluding steroid dienone is 1. The van der Waals surface area contributed by atoms with Crippen LogP contribution in [0.5, 0.6) is 0 Å². The number of nitrogens with one attached hydrogen (secondary N) is 1. The van der Waals surface area contributed by atoms with E-state index in [-0.39, 0.29) is 0 Å². The summed E-state index contributed by atoms with van der Waals surface area (Å²) in [7, 11) is 3.80. The van der Waals surface area contributed by atoms with Crippen molar-refractivity contribution in [1.29, 1.82) is 5.26 Å². The maximum atomic E-state index is 10.5. The van der Waals surface area contributed by atoms with E-state index in [9.17, 15) is 4.79 Å². The molecule has 0 saturated carbocycles. The van der Waals surface area contributed by atoms with Gasteiger partial charge in [-0.2, -0.15) is 5.26 Å². The van der Waals surface area contributed by atoms with Gasteiger partial charge in [-0.3, -0.25) is 4.79 Å². The fourth-order valence-electron chi connectivity index (χ4n) is 1.32. The molecule has 0 bridgehead atoms. The third-order valence-electron chi connectivity index (χ3n) is 2.25. The van der Waals surface area contributed by atoms with Crippen molar-refractivity contribution in [2.45, 2.75) is 6.92 Å². The van der Waals surface area contributed by atoms with E-state index in [1.807, 2.05) is 25.1 Å². The molecule has 0 amide bonds. The van der Waals surface area contributed by atoms with E-state index in [4.69, 9.17) is 5.26 Å². The van der Waals surface area contributed by atoms with Gasteiger partial charge in [0.05, 0.1) is 23.0 Å². The Morgan fingerprint density at radius 1 is 1.47 bits per heavy atom. The van der Waals surface area contributed by atoms with Gasteiger partial charge in [0.2, 0.25) is 0 Å². The van der Waals surface area contributed by atoms with Crippen LogP contribution in [0.25, 0.3) is 0 Å². The summed E-state index contributed by atoms with van der Waals surface area (Å²) < 4.78 is 0. The van der Waals surface area contributed by atoms with E-state index in [0.29, 0.717) is 11.1 Å². The average Bonchev–Trinajstić information content (AvgIpc) is 2.35. The zero-order valence-corrected chi connectivity index (χ0v) is 10.2. The van der Waals surface area contributed by atoms with Gasteiger partial charge in [0.25, 0.3) is 0 Å². The Labute approximate surface area is 101 Å². The minimum absolute atomic E-state index is 0.607. The number of nitrogens with zero attached hydrogens (tertiary/aromatic N) is 2. The first kappa shape index (κ1) is 12.8. The van der Waals surface area contributed by atoms with Crippen molar-refractivity contribution in [3.05, 3.63) is 35.5 Å². The van der Waals surface area contributed by atoms with Crippen LogP contribution >= 0.6 is 0 Å². The molecule has 4 nitrogen and oxygen atoms in total. The second kappa shape index (κ2) is 5.71. The summed E-state index contributed by atoms with van der Waals surface area (Å²) in [4.78, 5) is 12.4. The van der Waals surface area contributed by atoms with Crippen molar-refractivity contribution in [2.75, 3.05) is 24.3 Å². The van der Waals surface area contributed by atoms with Gasteiger partial charge >= 0.3 is 0 Å². The van der Waals surface area contributed by atoms with E-state index < -0.39 is 0 Å². The van der Waals surface area contributed by atoms with Crippen molar-refractivity contribution >= 4 is 17.7 Å². The minimum Gasteiger partial charge on any atom is -0.376 e. The Bertz CT molecular complexity index is 484.